The van der Waals surface area contributed by atoms with Crippen molar-refractivity contribution in [2.75, 3.05) is 26.3 Å². The topological polar surface area (TPSA) is 58.6 Å². The fourth-order valence-electron chi connectivity index (χ4n) is 2.36. The molecule has 6 heteroatoms. The van der Waals surface area contributed by atoms with Gasteiger partial charge in [0.1, 0.15) is 11.9 Å². The third-order valence-corrected chi connectivity index (χ3v) is 3.66. The Labute approximate surface area is 129 Å². The molecule has 0 radical (unpaired) electrons. The number of rotatable bonds is 4. The van der Waals surface area contributed by atoms with Crippen LogP contribution in [0.5, 0.6) is 0 Å². The molecule has 1 aromatic rings. The van der Waals surface area contributed by atoms with Crippen molar-refractivity contribution in [1.29, 1.82) is 0 Å². The van der Waals surface area contributed by atoms with Crippen molar-refractivity contribution in [2.45, 2.75) is 19.9 Å². The molecule has 0 spiro atoms. The fourth-order valence-corrected chi connectivity index (χ4v) is 2.36. The standard InChI is InChI=1S/C16H21FN2O3/c1-11(2)14(16(21)19-7-9-22-10-8-19)18-15(20)12-5-3-4-6-13(12)17/h3-6,11,14H,7-10H2,1-2H3,(H,18,20). The van der Waals surface area contributed by atoms with Gasteiger partial charge in [-0.2, -0.15) is 0 Å². The van der Waals surface area contributed by atoms with Gasteiger partial charge in [-0.15, -0.1) is 0 Å². The van der Waals surface area contributed by atoms with Crippen molar-refractivity contribution >= 4 is 11.8 Å². The largest absolute Gasteiger partial charge is 0.378 e. The zero-order valence-electron chi connectivity index (χ0n) is 12.8. The van der Waals surface area contributed by atoms with Crippen LogP contribution in [0.3, 0.4) is 0 Å². The molecule has 1 heterocycles. The van der Waals surface area contributed by atoms with E-state index in [2.05, 4.69) is 5.32 Å². The summed E-state index contributed by atoms with van der Waals surface area (Å²) in [6, 6.07) is 5.06. The third kappa shape index (κ3) is 3.82. The van der Waals surface area contributed by atoms with Gasteiger partial charge in [-0.25, -0.2) is 4.39 Å². The van der Waals surface area contributed by atoms with Gasteiger partial charge in [-0.05, 0) is 18.1 Å². The Morgan fingerprint density at radius 2 is 1.86 bits per heavy atom. The highest BCUT2D eigenvalue weighted by Gasteiger charge is 2.30. The lowest BCUT2D eigenvalue weighted by molar-refractivity contribution is -0.138. The number of halogens is 1. The Bertz CT molecular complexity index is 542. The van der Waals surface area contributed by atoms with Gasteiger partial charge in [0.25, 0.3) is 5.91 Å². The number of hydrogen-bond acceptors (Lipinski definition) is 3. The first-order chi connectivity index (χ1) is 10.5. The Hall–Kier alpha value is -1.95. The van der Waals surface area contributed by atoms with Crippen molar-refractivity contribution in [3.8, 4) is 0 Å². The van der Waals surface area contributed by atoms with Crippen LogP contribution in [0.4, 0.5) is 4.39 Å². The molecule has 1 aliphatic heterocycles. The smallest absolute Gasteiger partial charge is 0.254 e. The summed E-state index contributed by atoms with van der Waals surface area (Å²) >= 11 is 0. The molecule has 1 fully saturated rings. The molecular formula is C16H21FN2O3. The molecule has 22 heavy (non-hydrogen) atoms. The Kier molecular flexibility index (Phi) is 5.49. The Morgan fingerprint density at radius 3 is 2.45 bits per heavy atom. The van der Waals surface area contributed by atoms with E-state index in [0.717, 1.165) is 0 Å². The molecule has 2 rings (SSSR count). The van der Waals surface area contributed by atoms with Gasteiger partial charge in [0.2, 0.25) is 5.91 Å². The maximum absolute atomic E-state index is 13.7. The molecule has 0 aromatic heterocycles. The summed E-state index contributed by atoms with van der Waals surface area (Å²) in [5.41, 5.74) is -0.0528. The van der Waals surface area contributed by atoms with Gasteiger partial charge in [0, 0.05) is 13.1 Å². The number of nitrogens with one attached hydrogen (secondary N) is 1. The zero-order valence-corrected chi connectivity index (χ0v) is 12.8. The molecule has 0 aliphatic carbocycles. The molecule has 1 N–H and O–H groups in total. The van der Waals surface area contributed by atoms with E-state index < -0.39 is 17.8 Å². The first kappa shape index (κ1) is 16.4. The van der Waals surface area contributed by atoms with Crippen molar-refractivity contribution in [1.82, 2.24) is 10.2 Å². The van der Waals surface area contributed by atoms with Crippen LogP contribution in [-0.2, 0) is 9.53 Å². The van der Waals surface area contributed by atoms with E-state index in [1.165, 1.54) is 18.2 Å². The first-order valence-corrected chi connectivity index (χ1v) is 7.42. The Balaban J connectivity index is 2.10. The van der Waals surface area contributed by atoms with Crippen LogP contribution in [0.15, 0.2) is 24.3 Å². The highest BCUT2D eigenvalue weighted by molar-refractivity contribution is 5.97. The van der Waals surface area contributed by atoms with E-state index in [-0.39, 0.29) is 17.4 Å². The van der Waals surface area contributed by atoms with Crippen LogP contribution >= 0.6 is 0 Å². The predicted octanol–water partition coefficient (Wildman–Crippen LogP) is 1.44. The van der Waals surface area contributed by atoms with Gasteiger partial charge in [-0.3, -0.25) is 9.59 Å². The first-order valence-electron chi connectivity index (χ1n) is 7.42. The molecule has 1 aliphatic rings. The van der Waals surface area contributed by atoms with E-state index in [1.807, 2.05) is 13.8 Å². The van der Waals surface area contributed by atoms with Crippen LogP contribution in [-0.4, -0.2) is 49.1 Å². The second-order valence-corrected chi connectivity index (χ2v) is 5.61. The summed E-state index contributed by atoms with van der Waals surface area (Å²) < 4.78 is 18.9. The number of hydrogen-bond donors (Lipinski definition) is 1. The van der Waals surface area contributed by atoms with Crippen LogP contribution in [0.1, 0.15) is 24.2 Å². The second kappa shape index (κ2) is 7.35. The van der Waals surface area contributed by atoms with Crippen molar-refractivity contribution < 1.29 is 18.7 Å². The van der Waals surface area contributed by atoms with Crippen LogP contribution in [0.25, 0.3) is 0 Å². The van der Waals surface area contributed by atoms with Crippen LogP contribution in [0.2, 0.25) is 0 Å². The minimum Gasteiger partial charge on any atom is -0.378 e. The predicted molar refractivity (Wildman–Crippen MR) is 79.9 cm³/mol. The fraction of sp³-hybridized carbons (Fsp3) is 0.500. The quantitative estimate of drug-likeness (QED) is 0.915. The minimum atomic E-state index is -0.676. The molecular weight excluding hydrogens is 287 g/mol. The lowest BCUT2D eigenvalue weighted by Crippen LogP contribution is -2.53. The second-order valence-electron chi connectivity index (χ2n) is 5.61. The molecule has 2 amide bonds. The Morgan fingerprint density at radius 1 is 1.23 bits per heavy atom. The molecule has 0 bridgehead atoms. The van der Waals surface area contributed by atoms with Crippen molar-refractivity contribution in [3.05, 3.63) is 35.6 Å². The molecule has 0 saturated carbocycles. The number of nitrogens with zero attached hydrogens (tertiary/aromatic N) is 1. The highest BCUT2D eigenvalue weighted by atomic mass is 19.1. The molecule has 1 unspecified atom stereocenters. The molecule has 1 atom stereocenters. The summed E-state index contributed by atoms with van der Waals surface area (Å²) in [7, 11) is 0. The lowest BCUT2D eigenvalue weighted by Gasteiger charge is -2.32. The maximum atomic E-state index is 13.7. The molecule has 120 valence electrons. The average molecular weight is 308 g/mol. The normalized spacial score (nSPS) is 16.5. The average Bonchev–Trinajstić information content (AvgIpc) is 2.52. The van der Waals surface area contributed by atoms with Gasteiger partial charge in [0.15, 0.2) is 0 Å². The number of ether oxygens (including phenoxy) is 1. The summed E-state index contributed by atoms with van der Waals surface area (Å²) in [5, 5.41) is 2.66. The number of carbonyl (C=O) groups is 2. The number of carbonyl (C=O) groups excluding carboxylic acids is 2. The minimum absolute atomic E-state index is 0.0528. The van der Waals surface area contributed by atoms with E-state index >= 15 is 0 Å². The van der Waals surface area contributed by atoms with E-state index in [9.17, 15) is 14.0 Å². The molecule has 1 saturated heterocycles. The summed E-state index contributed by atoms with van der Waals surface area (Å²) in [4.78, 5) is 26.5. The lowest BCUT2D eigenvalue weighted by atomic mass is 10.0. The maximum Gasteiger partial charge on any atom is 0.254 e. The van der Waals surface area contributed by atoms with E-state index in [4.69, 9.17) is 4.74 Å². The van der Waals surface area contributed by atoms with E-state index in [1.54, 1.807) is 11.0 Å². The van der Waals surface area contributed by atoms with Crippen molar-refractivity contribution in [3.63, 3.8) is 0 Å². The number of benzene rings is 1. The zero-order chi connectivity index (χ0) is 16.1. The van der Waals surface area contributed by atoms with E-state index in [0.29, 0.717) is 26.3 Å². The van der Waals surface area contributed by atoms with Gasteiger partial charge in [0.05, 0.1) is 18.8 Å². The number of morpholine rings is 1. The summed E-state index contributed by atoms with van der Waals surface area (Å²) in [6.07, 6.45) is 0. The molecule has 1 aromatic carbocycles. The van der Waals surface area contributed by atoms with Crippen LogP contribution in [0, 0.1) is 11.7 Å². The molecule has 5 nitrogen and oxygen atoms in total. The van der Waals surface area contributed by atoms with Gasteiger partial charge >= 0.3 is 0 Å². The monoisotopic (exact) mass is 308 g/mol. The van der Waals surface area contributed by atoms with Crippen LogP contribution < -0.4 is 5.32 Å². The number of amides is 2. The summed E-state index contributed by atoms with van der Waals surface area (Å²) in [5.74, 6) is -1.41. The highest BCUT2D eigenvalue weighted by Crippen LogP contribution is 2.11. The SMILES string of the molecule is CC(C)C(NC(=O)c1ccccc1F)C(=O)N1CCOCC1. The van der Waals surface area contributed by atoms with Crippen molar-refractivity contribution in [2.24, 2.45) is 5.92 Å². The summed E-state index contributed by atoms with van der Waals surface area (Å²) in [6.45, 7) is 5.72. The van der Waals surface area contributed by atoms with Gasteiger partial charge in [-0.1, -0.05) is 26.0 Å². The van der Waals surface area contributed by atoms with Gasteiger partial charge < -0.3 is 15.0 Å². The third-order valence-electron chi connectivity index (χ3n) is 3.66.